The molecule has 0 aromatic rings. The van der Waals surface area contributed by atoms with Gasteiger partial charge in [-0.3, -0.25) is 0 Å². The summed E-state index contributed by atoms with van der Waals surface area (Å²) < 4.78 is 0. The molecule has 0 saturated carbocycles. The van der Waals surface area contributed by atoms with E-state index in [1.165, 1.54) is 32.1 Å². The summed E-state index contributed by atoms with van der Waals surface area (Å²) in [5.41, 5.74) is 0. The lowest BCUT2D eigenvalue weighted by molar-refractivity contribution is -0.623. The Balaban J connectivity index is 3.40. The van der Waals surface area contributed by atoms with Crippen molar-refractivity contribution >= 4 is 0 Å². The Bertz CT molecular complexity index is 108. The van der Waals surface area contributed by atoms with Gasteiger partial charge in [-0.05, 0) is 22.4 Å². The summed E-state index contributed by atoms with van der Waals surface area (Å²) >= 11 is 0. The molecule has 1 N–H and O–H groups in total. The van der Waals surface area contributed by atoms with Crippen LogP contribution in [0.5, 0.6) is 0 Å². The van der Waals surface area contributed by atoms with Crippen LogP contribution in [-0.4, -0.2) is 11.9 Å². The number of hydrogen-bond donors (Lipinski definition) is 1. The molecule has 1 unspecified atom stereocenters. The molecule has 0 rings (SSSR count). The summed E-state index contributed by atoms with van der Waals surface area (Å²) in [6, 6.07) is 0. The summed E-state index contributed by atoms with van der Waals surface area (Å²) in [5, 5.41) is 15.1. The lowest BCUT2D eigenvalue weighted by Crippen LogP contribution is -2.06. The van der Waals surface area contributed by atoms with E-state index in [0.29, 0.717) is 12.5 Å². The Morgan fingerprint density at radius 2 is 1.86 bits per heavy atom. The Labute approximate surface area is 85.9 Å². The van der Waals surface area contributed by atoms with Crippen LogP contribution in [-0.2, 0) is 15.0 Å². The highest BCUT2D eigenvalue weighted by Crippen LogP contribution is 2.18. The maximum Gasteiger partial charge on any atom is 0.0857 e. The molecular formula is C10H22O4. The molecule has 4 nitrogen and oxygen atoms in total. The van der Waals surface area contributed by atoms with Crippen LogP contribution >= 0.6 is 0 Å². The second-order valence-corrected chi connectivity index (χ2v) is 3.55. The second kappa shape index (κ2) is 10.9. The van der Waals surface area contributed by atoms with Crippen molar-refractivity contribution in [3.05, 3.63) is 0 Å². The van der Waals surface area contributed by atoms with Crippen LogP contribution in [0.15, 0.2) is 0 Å². The average molecular weight is 206 g/mol. The fraction of sp³-hybridized carbons (Fsp3) is 1.00. The van der Waals surface area contributed by atoms with E-state index in [4.69, 9.17) is 5.26 Å². The Morgan fingerprint density at radius 3 is 2.43 bits per heavy atom. The minimum Gasteiger partial charge on any atom is -0.219 e. The van der Waals surface area contributed by atoms with E-state index in [-0.39, 0.29) is 0 Å². The highest BCUT2D eigenvalue weighted by Gasteiger charge is 2.07. The highest BCUT2D eigenvalue weighted by atomic mass is 17.6. The Kier molecular flexibility index (Phi) is 10.8. The van der Waals surface area contributed by atoms with Crippen molar-refractivity contribution in [2.24, 2.45) is 5.92 Å². The normalized spacial score (nSPS) is 13.1. The van der Waals surface area contributed by atoms with Crippen molar-refractivity contribution < 1.29 is 20.2 Å². The Hall–Kier alpha value is -0.160. The third-order valence-electron chi connectivity index (χ3n) is 2.35. The van der Waals surface area contributed by atoms with E-state index in [1.54, 1.807) is 0 Å². The second-order valence-electron chi connectivity index (χ2n) is 3.55. The van der Waals surface area contributed by atoms with Gasteiger partial charge in [0, 0.05) is 0 Å². The Morgan fingerprint density at radius 1 is 1.07 bits per heavy atom. The summed E-state index contributed by atoms with van der Waals surface area (Å²) in [6.45, 7) is 4.85. The molecule has 0 aliphatic heterocycles. The molecule has 0 saturated heterocycles. The maximum absolute atomic E-state index is 7.83. The topological polar surface area (TPSA) is 47.9 Å². The fourth-order valence-electron chi connectivity index (χ4n) is 1.60. The first kappa shape index (κ1) is 13.8. The minimum atomic E-state index is 0.467. The first-order chi connectivity index (χ1) is 6.85. The number of unbranched alkanes of at least 4 members (excludes halogenated alkanes) is 1. The van der Waals surface area contributed by atoms with Gasteiger partial charge in [0.05, 0.1) is 6.61 Å². The van der Waals surface area contributed by atoms with E-state index in [2.05, 4.69) is 28.8 Å². The van der Waals surface area contributed by atoms with Crippen LogP contribution in [0, 0.1) is 5.92 Å². The molecule has 0 aliphatic rings. The molecule has 14 heavy (non-hydrogen) atoms. The number of rotatable bonds is 10. The van der Waals surface area contributed by atoms with E-state index >= 15 is 0 Å². The van der Waals surface area contributed by atoms with Crippen LogP contribution < -0.4 is 0 Å². The maximum atomic E-state index is 7.83. The van der Waals surface area contributed by atoms with Crippen molar-refractivity contribution in [2.75, 3.05) is 6.61 Å². The molecule has 0 heterocycles. The van der Waals surface area contributed by atoms with Gasteiger partial charge in [0.15, 0.2) is 0 Å². The monoisotopic (exact) mass is 206 g/mol. The lowest BCUT2D eigenvalue weighted by atomic mass is 9.94. The predicted molar refractivity (Wildman–Crippen MR) is 53.3 cm³/mol. The average Bonchev–Trinajstić information content (AvgIpc) is 2.20. The van der Waals surface area contributed by atoms with E-state index in [1.807, 2.05) is 0 Å². The molecule has 1 atom stereocenters. The van der Waals surface area contributed by atoms with Gasteiger partial charge in [-0.2, -0.15) is 0 Å². The van der Waals surface area contributed by atoms with E-state index in [9.17, 15) is 0 Å². The van der Waals surface area contributed by atoms with Gasteiger partial charge in [0.1, 0.15) is 0 Å². The predicted octanol–water partition coefficient (Wildman–Crippen LogP) is 3.34. The van der Waals surface area contributed by atoms with Crippen molar-refractivity contribution in [1.82, 2.24) is 0 Å². The zero-order chi connectivity index (χ0) is 10.6. The minimum absolute atomic E-state index is 0.467. The first-order valence-electron chi connectivity index (χ1n) is 5.44. The van der Waals surface area contributed by atoms with E-state index in [0.717, 1.165) is 6.42 Å². The summed E-state index contributed by atoms with van der Waals surface area (Å²) in [6.07, 6.45) is 7.12. The standard InChI is InChI=1S/C10H22O4/c1-3-5-7-10(6-4-2)8-9-12-14-13-11/h10-11H,3-9H2,1-2H3. The summed E-state index contributed by atoms with van der Waals surface area (Å²) in [5.74, 6) is 0.697. The SMILES string of the molecule is CCCCC(CCC)CCOOOO. The molecular weight excluding hydrogens is 184 g/mol. The molecule has 0 aromatic heterocycles. The molecule has 0 fully saturated rings. The third-order valence-corrected chi connectivity index (χ3v) is 2.35. The van der Waals surface area contributed by atoms with Gasteiger partial charge in [0.25, 0.3) is 0 Å². The van der Waals surface area contributed by atoms with Gasteiger partial charge in [0.2, 0.25) is 0 Å². The van der Waals surface area contributed by atoms with Gasteiger partial charge >= 0.3 is 0 Å². The van der Waals surface area contributed by atoms with Crippen LogP contribution in [0.3, 0.4) is 0 Å². The van der Waals surface area contributed by atoms with Crippen LogP contribution in [0.25, 0.3) is 0 Å². The quantitative estimate of drug-likeness (QED) is 0.338. The van der Waals surface area contributed by atoms with Gasteiger partial charge < -0.3 is 0 Å². The van der Waals surface area contributed by atoms with Crippen LogP contribution in [0.4, 0.5) is 0 Å². The molecule has 0 aromatic carbocycles. The lowest BCUT2D eigenvalue weighted by Gasteiger charge is -2.14. The number of hydrogen-bond acceptors (Lipinski definition) is 4. The van der Waals surface area contributed by atoms with Crippen LogP contribution in [0.2, 0.25) is 0 Å². The molecule has 0 radical (unpaired) electrons. The van der Waals surface area contributed by atoms with Gasteiger partial charge in [-0.25, -0.2) is 10.1 Å². The zero-order valence-corrected chi connectivity index (χ0v) is 9.20. The zero-order valence-electron chi connectivity index (χ0n) is 9.20. The van der Waals surface area contributed by atoms with Crippen molar-refractivity contribution in [1.29, 1.82) is 0 Å². The largest absolute Gasteiger partial charge is 0.219 e. The van der Waals surface area contributed by atoms with Gasteiger partial charge in [-0.15, -0.1) is 0 Å². The fourth-order valence-corrected chi connectivity index (χ4v) is 1.60. The molecule has 0 spiro atoms. The van der Waals surface area contributed by atoms with E-state index < -0.39 is 0 Å². The van der Waals surface area contributed by atoms with Gasteiger partial charge in [-0.1, -0.05) is 46.0 Å². The molecule has 0 bridgehead atoms. The molecule has 0 amide bonds. The molecule has 4 heteroatoms. The highest BCUT2D eigenvalue weighted by molar-refractivity contribution is 4.58. The third kappa shape index (κ3) is 8.44. The smallest absolute Gasteiger partial charge is 0.0857 e. The first-order valence-corrected chi connectivity index (χ1v) is 5.44. The van der Waals surface area contributed by atoms with Crippen molar-refractivity contribution in [3.63, 3.8) is 0 Å². The summed E-state index contributed by atoms with van der Waals surface area (Å²) in [7, 11) is 0. The van der Waals surface area contributed by atoms with Crippen molar-refractivity contribution in [3.8, 4) is 0 Å². The van der Waals surface area contributed by atoms with Crippen LogP contribution in [0.1, 0.15) is 52.4 Å². The molecule has 86 valence electrons. The molecule has 0 aliphatic carbocycles. The van der Waals surface area contributed by atoms with Crippen molar-refractivity contribution in [2.45, 2.75) is 52.4 Å². The summed E-state index contributed by atoms with van der Waals surface area (Å²) in [4.78, 5) is 4.57.